The number of benzene rings is 2. The minimum absolute atomic E-state index is 0.126. The molecule has 1 N–H and O–H groups in total. The molecule has 0 bridgehead atoms. The van der Waals surface area contributed by atoms with E-state index in [1.54, 1.807) is 23.8 Å². The summed E-state index contributed by atoms with van der Waals surface area (Å²) in [6.45, 7) is 7.37. The molecular formula is C30H36N4O6S. The van der Waals surface area contributed by atoms with Gasteiger partial charge >= 0.3 is 0 Å². The van der Waals surface area contributed by atoms with Gasteiger partial charge in [0.25, 0.3) is 0 Å². The lowest BCUT2D eigenvalue weighted by Gasteiger charge is -2.24. The number of amides is 2. The molecule has 1 atom stereocenters. The Kier molecular flexibility index (Phi) is 8.46. The maximum Gasteiger partial charge on any atom is 0.240 e. The number of anilines is 1. The molecule has 2 aliphatic rings. The van der Waals surface area contributed by atoms with Crippen molar-refractivity contribution in [1.29, 1.82) is 0 Å². The van der Waals surface area contributed by atoms with E-state index in [1.807, 2.05) is 42.5 Å². The van der Waals surface area contributed by atoms with Crippen molar-refractivity contribution < 1.29 is 28.5 Å². The number of hydrogen-bond donors (Lipinski definition) is 1. The Morgan fingerprint density at radius 2 is 1.88 bits per heavy atom. The maximum atomic E-state index is 13.8. The van der Waals surface area contributed by atoms with Gasteiger partial charge in [-0.15, -0.1) is 11.8 Å². The number of methoxy groups -OCH3 is 2. The molecule has 0 fully saturated rings. The number of carbonyl (C=O) groups is 2. The predicted molar refractivity (Wildman–Crippen MR) is 158 cm³/mol. The van der Waals surface area contributed by atoms with Gasteiger partial charge in [-0.25, -0.2) is 4.68 Å². The van der Waals surface area contributed by atoms with Gasteiger partial charge in [-0.2, -0.15) is 5.10 Å². The highest BCUT2D eigenvalue weighted by molar-refractivity contribution is 8.00. The third-order valence-corrected chi connectivity index (χ3v) is 8.22. The quantitative estimate of drug-likeness (QED) is 0.375. The molecule has 3 heterocycles. The summed E-state index contributed by atoms with van der Waals surface area (Å²) in [7, 11) is 3.24. The maximum absolute atomic E-state index is 13.8. The largest absolute Gasteiger partial charge is 0.497 e. The van der Waals surface area contributed by atoms with Gasteiger partial charge in [0, 0.05) is 31.2 Å². The Labute approximate surface area is 244 Å². The van der Waals surface area contributed by atoms with Crippen LogP contribution in [0.1, 0.15) is 49.3 Å². The van der Waals surface area contributed by atoms with Gasteiger partial charge in [-0.1, -0.05) is 26.8 Å². The van der Waals surface area contributed by atoms with E-state index in [-0.39, 0.29) is 41.6 Å². The Hall–Kier alpha value is -3.70. The highest BCUT2D eigenvalue weighted by Gasteiger charge is 2.40. The lowest BCUT2D eigenvalue weighted by atomic mass is 9.87. The third-order valence-electron chi connectivity index (χ3n) is 6.96. The highest BCUT2D eigenvalue weighted by atomic mass is 32.2. The van der Waals surface area contributed by atoms with Crippen molar-refractivity contribution in [3.8, 4) is 22.9 Å². The molecular weight excluding hydrogens is 544 g/mol. The minimum atomic E-state index is -0.363. The molecule has 10 nitrogen and oxygen atoms in total. The number of nitrogens with one attached hydrogen (secondary N) is 1. The molecule has 11 heteroatoms. The fourth-order valence-corrected chi connectivity index (χ4v) is 6.15. The number of thioether (sulfide) groups is 1. The summed E-state index contributed by atoms with van der Waals surface area (Å²) in [5, 5.41) is 7.81. The SMILES string of the molecule is COCCCNC(=O)CN1C(=O)CS[C@H](c2ccc3c(c2)OCO3)c2c(C(C)(C)C)nn(-c3ccc(OC)cc3)c21. The van der Waals surface area contributed by atoms with E-state index >= 15 is 0 Å². The number of carbonyl (C=O) groups excluding carboxylic acids is 2. The molecule has 0 unspecified atom stereocenters. The van der Waals surface area contributed by atoms with E-state index in [2.05, 4.69) is 26.1 Å². The second kappa shape index (κ2) is 12.0. The summed E-state index contributed by atoms with van der Waals surface area (Å²) in [5.74, 6) is 2.45. The van der Waals surface area contributed by atoms with Gasteiger partial charge in [0.15, 0.2) is 11.5 Å². The average Bonchev–Trinajstić information content (AvgIpc) is 3.56. The Balaban J connectivity index is 1.66. The summed E-state index contributed by atoms with van der Waals surface area (Å²) < 4.78 is 23.5. The van der Waals surface area contributed by atoms with Gasteiger partial charge in [-0.05, 0) is 48.4 Å². The Morgan fingerprint density at radius 3 is 2.59 bits per heavy atom. The number of aromatic nitrogens is 2. The standard InChI is InChI=1S/C30H36N4O6S/c1-30(2,3)28-26-27(19-7-12-22-23(15-19)40-18-39-22)41-17-25(36)33(16-24(35)31-13-6-14-37-4)29(26)34(32-28)20-8-10-21(38-5)11-9-20/h7-12,15,27H,6,13-14,16-18H2,1-5H3,(H,31,35)/t27-/m1/s1. The van der Waals surface area contributed by atoms with E-state index < -0.39 is 0 Å². The summed E-state index contributed by atoms with van der Waals surface area (Å²) >= 11 is 1.52. The summed E-state index contributed by atoms with van der Waals surface area (Å²) in [6.07, 6.45) is 0.682. The number of fused-ring (bicyclic) bond motifs is 2. The van der Waals surface area contributed by atoms with Crippen LogP contribution in [0.15, 0.2) is 42.5 Å². The van der Waals surface area contributed by atoms with Crippen LogP contribution in [-0.4, -0.2) is 68.1 Å². The number of hydrogen-bond acceptors (Lipinski definition) is 8. The smallest absolute Gasteiger partial charge is 0.240 e. The Bertz CT molecular complexity index is 1420. The van der Waals surface area contributed by atoms with Crippen molar-refractivity contribution in [2.75, 3.05) is 51.4 Å². The average molecular weight is 581 g/mol. The molecule has 0 saturated carbocycles. The van der Waals surface area contributed by atoms with E-state index in [1.165, 1.54) is 11.8 Å². The highest BCUT2D eigenvalue weighted by Crippen LogP contribution is 2.49. The minimum Gasteiger partial charge on any atom is -0.497 e. The first-order chi connectivity index (χ1) is 19.7. The fourth-order valence-electron chi connectivity index (χ4n) is 4.96. The van der Waals surface area contributed by atoms with Crippen LogP contribution in [0.25, 0.3) is 5.69 Å². The van der Waals surface area contributed by atoms with Crippen molar-refractivity contribution >= 4 is 29.4 Å². The molecule has 2 aromatic carbocycles. The van der Waals surface area contributed by atoms with Crippen molar-refractivity contribution in [1.82, 2.24) is 15.1 Å². The zero-order chi connectivity index (χ0) is 29.1. The summed E-state index contributed by atoms with van der Waals surface area (Å²) in [6, 6.07) is 13.4. The zero-order valence-corrected chi connectivity index (χ0v) is 24.9. The molecule has 0 radical (unpaired) electrons. The predicted octanol–water partition coefficient (Wildman–Crippen LogP) is 4.23. The van der Waals surface area contributed by atoms with E-state index in [0.717, 1.165) is 22.5 Å². The van der Waals surface area contributed by atoms with Crippen LogP contribution in [0, 0.1) is 0 Å². The van der Waals surface area contributed by atoms with Crippen molar-refractivity contribution in [3.63, 3.8) is 0 Å². The molecule has 41 heavy (non-hydrogen) atoms. The molecule has 0 aliphatic carbocycles. The van der Waals surface area contributed by atoms with Crippen LogP contribution in [0.5, 0.6) is 17.2 Å². The zero-order valence-electron chi connectivity index (χ0n) is 24.1. The van der Waals surface area contributed by atoms with Gasteiger partial charge in [0.2, 0.25) is 18.6 Å². The number of ether oxygens (including phenoxy) is 4. The van der Waals surface area contributed by atoms with E-state index in [4.69, 9.17) is 24.0 Å². The van der Waals surface area contributed by atoms with Gasteiger partial charge in [0.1, 0.15) is 18.1 Å². The molecule has 2 amide bonds. The van der Waals surface area contributed by atoms with Gasteiger partial charge < -0.3 is 24.3 Å². The number of nitrogens with zero attached hydrogens (tertiary/aromatic N) is 3. The molecule has 1 aromatic heterocycles. The van der Waals surface area contributed by atoms with E-state index in [9.17, 15) is 9.59 Å². The second-order valence-corrected chi connectivity index (χ2v) is 12.0. The van der Waals surface area contributed by atoms with Crippen LogP contribution in [0.2, 0.25) is 0 Å². The third kappa shape index (κ3) is 6.01. The van der Waals surface area contributed by atoms with Crippen LogP contribution in [0.3, 0.4) is 0 Å². The van der Waals surface area contributed by atoms with Crippen molar-refractivity contribution in [3.05, 3.63) is 59.3 Å². The van der Waals surface area contributed by atoms with Crippen molar-refractivity contribution in [2.45, 2.75) is 37.9 Å². The van der Waals surface area contributed by atoms with Crippen LogP contribution >= 0.6 is 11.8 Å². The van der Waals surface area contributed by atoms with Crippen LogP contribution in [0.4, 0.5) is 5.82 Å². The first kappa shape index (κ1) is 28.8. The first-order valence-electron chi connectivity index (χ1n) is 13.6. The van der Waals surface area contributed by atoms with Gasteiger partial charge in [-0.3, -0.25) is 14.5 Å². The Morgan fingerprint density at radius 1 is 1.12 bits per heavy atom. The first-order valence-corrected chi connectivity index (χ1v) is 14.6. The molecule has 218 valence electrons. The van der Waals surface area contributed by atoms with E-state index in [0.29, 0.717) is 42.6 Å². The molecule has 0 spiro atoms. The topological polar surface area (TPSA) is 104 Å². The lowest BCUT2D eigenvalue weighted by Crippen LogP contribution is -2.42. The fraction of sp³-hybridized carbons (Fsp3) is 0.433. The second-order valence-electron chi connectivity index (χ2n) is 10.9. The monoisotopic (exact) mass is 580 g/mol. The lowest BCUT2D eigenvalue weighted by molar-refractivity contribution is -0.122. The van der Waals surface area contributed by atoms with Crippen LogP contribution < -0.4 is 24.4 Å². The number of rotatable bonds is 9. The molecule has 3 aromatic rings. The summed E-state index contributed by atoms with van der Waals surface area (Å²) in [4.78, 5) is 28.5. The van der Waals surface area contributed by atoms with Crippen molar-refractivity contribution in [2.24, 2.45) is 0 Å². The normalized spacial score (nSPS) is 16.4. The summed E-state index contributed by atoms with van der Waals surface area (Å²) in [5.41, 5.74) is 3.11. The molecule has 2 aliphatic heterocycles. The van der Waals surface area contributed by atoms with Crippen LogP contribution in [-0.2, 0) is 19.7 Å². The molecule has 5 rings (SSSR count). The van der Waals surface area contributed by atoms with Gasteiger partial charge in [0.05, 0.1) is 29.5 Å². The molecule has 0 saturated heterocycles.